The van der Waals surface area contributed by atoms with Crippen molar-refractivity contribution in [1.29, 1.82) is 0 Å². The number of nitrogens with zero attached hydrogens (tertiary/aromatic N) is 1. The fourth-order valence-electron chi connectivity index (χ4n) is 1.30. The van der Waals surface area contributed by atoms with Crippen molar-refractivity contribution in [2.75, 3.05) is 18.2 Å². The molecule has 0 saturated heterocycles. The van der Waals surface area contributed by atoms with Crippen LogP contribution in [0.5, 0.6) is 5.75 Å². The van der Waals surface area contributed by atoms with Crippen LogP contribution in [0.25, 0.3) is 0 Å². The first kappa shape index (κ1) is 10.6. The maximum absolute atomic E-state index is 5.99. The van der Waals surface area contributed by atoms with Crippen molar-refractivity contribution in [2.45, 2.75) is 0 Å². The number of ether oxygens (including phenoxy) is 1. The van der Waals surface area contributed by atoms with Crippen LogP contribution in [0.3, 0.4) is 0 Å². The van der Waals surface area contributed by atoms with Gasteiger partial charge < -0.3 is 15.8 Å². The van der Waals surface area contributed by atoms with Gasteiger partial charge in [0.1, 0.15) is 17.3 Å². The highest BCUT2D eigenvalue weighted by Gasteiger charge is 2.04. The van der Waals surface area contributed by atoms with E-state index < -0.39 is 0 Å². The van der Waals surface area contributed by atoms with Crippen LogP contribution in [0.15, 0.2) is 24.4 Å². The lowest BCUT2D eigenvalue weighted by atomic mass is 10.3. The number of aromatic amines is 1. The summed E-state index contributed by atoms with van der Waals surface area (Å²) in [4.78, 5) is 0. The molecule has 0 radical (unpaired) electrons. The zero-order chi connectivity index (χ0) is 11.5. The number of nitrogen functional groups attached to an aromatic ring is 1. The van der Waals surface area contributed by atoms with Crippen molar-refractivity contribution in [2.24, 2.45) is 0 Å². The number of rotatable bonds is 3. The quantitative estimate of drug-likeness (QED) is 0.768. The van der Waals surface area contributed by atoms with E-state index >= 15 is 0 Å². The zero-order valence-electron chi connectivity index (χ0n) is 8.62. The molecule has 1 aromatic carbocycles. The Labute approximate surface area is 97.6 Å². The van der Waals surface area contributed by atoms with Crippen LogP contribution in [0.2, 0.25) is 5.02 Å². The van der Waals surface area contributed by atoms with Gasteiger partial charge in [0.05, 0.1) is 18.3 Å². The summed E-state index contributed by atoms with van der Waals surface area (Å²) in [7, 11) is 1.57. The third kappa shape index (κ3) is 2.04. The molecule has 0 aliphatic carbocycles. The highest BCUT2D eigenvalue weighted by Crippen LogP contribution is 2.29. The van der Waals surface area contributed by atoms with E-state index in [1.54, 1.807) is 25.4 Å². The Morgan fingerprint density at radius 1 is 1.50 bits per heavy atom. The summed E-state index contributed by atoms with van der Waals surface area (Å²) in [5.74, 6) is 1.11. The summed E-state index contributed by atoms with van der Waals surface area (Å²) >= 11 is 5.99. The number of aromatic nitrogens is 2. The Bertz CT molecular complexity index is 497. The summed E-state index contributed by atoms with van der Waals surface area (Å²) in [6, 6.07) is 5.38. The third-order valence-corrected chi connectivity index (χ3v) is 2.39. The van der Waals surface area contributed by atoms with Gasteiger partial charge in [0, 0.05) is 5.69 Å². The number of nitrogens with one attached hydrogen (secondary N) is 2. The van der Waals surface area contributed by atoms with Crippen LogP contribution in [0.1, 0.15) is 0 Å². The highest BCUT2D eigenvalue weighted by atomic mass is 35.5. The largest absolute Gasteiger partial charge is 0.495 e. The number of anilines is 3. The lowest BCUT2D eigenvalue weighted by Crippen LogP contribution is -1.94. The van der Waals surface area contributed by atoms with Gasteiger partial charge in [-0.3, -0.25) is 5.10 Å². The average Bonchev–Trinajstić information content (AvgIpc) is 2.65. The molecule has 0 amide bonds. The number of halogens is 1. The van der Waals surface area contributed by atoms with Gasteiger partial charge in [-0.05, 0) is 18.2 Å². The van der Waals surface area contributed by atoms with Crippen molar-refractivity contribution in [3.63, 3.8) is 0 Å². The Morgan fingerprint density at radius 2 is 2.31 bits per heavy atom. The van der Waals surface area contributed by atoms with Gasteiger partial charge in [-0.25, -0.2) is 0 Å². The normalized spacial score (nSPS) is 10.1. The van der Waals surface area contributed by atoms with Gasteiger partial charge in [0.25, 0.3) is 0 Å². The lowest BCUT2D eigenvalue weighted by molar-refractivity contribution is 0.415. The number of benzene rings is 1. The van der Waals surface area contributed by atoms with Crippen molar-refractivity contribution in [1.82, 2.24) is 10.2 Å². The second kappa shape index (κ2) is 4.32. The molecule has 2 aromatic rings. The van der Waals surface area contributed by atoms with Crippen molar-refractivity contribution in [3.8, 4) is 5.75 Å². The number of nitrogens with two attached hydrogens (primary N) is 1. The molecule has 0 unspecified atom stereocenters. The predicted octanol–water partition coefficient (Wildman–Crippen LogP) is 2.40. The Hall–Kier alpha value is -1.88. The van der Waals surface area contributed by atoms with Crippen LogP contribution in [-0.4, -0.2) is 17.3 Å². The molecule has 4 N–H and O–H groups in total. The van der Waals surface area contributed by atoms with Crippen LogP contribution in [0, 0.1) is 0 Å². The van der Waals surface area contributed by atoms with Gasteiger partial charge in [0.15, 0.2) is 0 Å². The molecule has 0 aliphatic rings. The predicted molar refractivity (Wildman–Crippen MR) is 64.3 cm³/mol. The Balaban J connectivity index is 2.23. The molecular weight excluding hydrogens is 228 g/mol. The van der Waals surface area contributed by atoms with E-state index in [0.29, 0.717) is 22.3 Å². The number of hydrogen-bond acceptors (Lipinski definition) is 4. The average molecular weight is 239 g/mol. The maximum atomic E-state index is 5.99. The molecule has 0 spiro atoms. The fourth-order valence-corrected chi connectivity index (χ4v) is 1.55. The summed E-state index contributed by atoms with van der Waals surface area (Å²) in [6.45, 7) is 0. The van der Waals surface area contributed by atoms with Gasteiger partial charge in [0.2, 0.25) is 0 Å². The fraction of sp³-hybridized carbons (Fsp3) is 0.100. The van der Waals surface area contributed by atoms with E-state index in [-0.39, 0.29) is 0 Å². The van der Waals surface area contributed by atoms with Gasteiger partial charge in [-0.1, -0.05) is 11.6 Å². The minimum atomic E-state index is 0.479. The van der Waals surface area contributed by atoms with Crippen molar-refractivity contribution >= 4 is 28.8 Å². The van der Waals surface area contributed by atoms with E-state index in [4.69, 9.17) is 22.1 Å². The summed E-state index contributed by atoms with van der Waals surface area (Å²) in [6.07, 6.45) is 1.60. The topological polar surface area (TPSA) is 76.0 Å². The third-order valence-electron chi connectivity index (χ3n) is 2.10. The molecule has 2 rings (SSSR count). The van der Waals surface area contributed by atoms with E-state index in [0.717, 1.165) is 5.69 Å². The second-order valence-electron chi connectivity index (χ2n) is 3.17. The minimum absolute atomic E-state index is 0.479. The smallest absolute Gasteiger partial charge is 0.143 e. The first-order valence-corrected chi connectivity index (χ1v) is 4.98. The SMILES string of the molecule is COc1ccc(Nc2cn[nH]c2N)cc1Cl. The van der Waals surface area contributed by atoms with Crippen LogP contribution in [-0.2, 0) is 0 Å². The van der Waals surface area contributed by atoms with Crippen molar-refractivity contribution in [3.05, 3.63) is 29.4 Å². The maximum Gasteiger partial charge on any atom is 0.143 e. The molecule has 0 saturated carbocycles. The lowest BCUT2D eigenvalue weighted by Gasteiger charge is -2.07. The Kier molecular flexibility index (Phi) is 2.87. The zero-order valence-corrected chi connectivity index (χ0v) is 9.38. The van der Waals surface area contributed by atoms with Crippen LogP contribution < -0.4 is 15.8 Å². The molecule has 1 aromatic heterocycles. The molecule has 0 bridgehead atoms. The van der Waals surface area contributed by atoms with Crippen LogP contribution in [0.4, 0.5) is 17.2 Å². The van der Waals surface area contributed by atoms with E-state index in [1.807, 2.05) is 6.07 Å². The Morgan fingerprint density at radius 3 is 2.88 bits per heavy atom. The highest BCUT2D eigenvalue weighted by molar-refractivity contribution is 6.32. The molecule has 0 atom stereocenters. The summed E-state index contributed by atoms with van der Waals surface area (Å²) in [5.41, 5.74) is 7.17. The van der Waals surface area contributed by atoms with E-state index in [2.05, 4.69) is 15.5 Å². The number of hydrogen-bond donors (Lipinski definition) is 3. The molecule has 0 fully saturated rings. The van der Waals surface area contributed by atoms with Gasteiger partial charge in [-0.15, -0.1) is 0 Å². The first-order valence-electron chi connectivity index (χ1n) is 4.60. The molecule has 0 aliphatic heterocycles. The monoisotopic (exact) mass is 238 g/mol. The molecule has 1 heterocycles. The number of methoxy groups -OCH3 is 1. The van der Waals surface area contributed by atoms with Crippen molar-refractivity contribution < 1.29 is 4.74 Å². The number of H-pyrrole nitrogens is 1. The van der Waals surface area contributed by atoms with E-state index in [1.165, 1.54) is 0 Å². The van der Waals surface area contributed by atoms with Crippen LogP contribution >= 0.6 is 11.6 Å². The molecule has 16 heavy (non-hydrogen) atoms. The van der Waals surface area contributed by atoms with Gasteiger partial charge >= 0.3 is 0 Å². The standard InChI is InChI=1S/C10H11ClN4O/c1-16-9-3-2-6(4-7(9)11)14-8-5-13-15-10(8)12/h2-5,14H,1H3,(H3,12,13,15). The molecular formula is C10H11ClN4O. The summed E-state index contributed by atoms with van der Waals surface area (Å²) < 4.78 is 5.06. The molecule has 6 heteroatoms. The minimum Gasteiger partial charge on any atom is -0.495 e. The molecule has 5 nitrogen and oxygen atoms in total. The first-order chi connectivity index (χ1) is 7.70. The summed E-state index contributed by atoms with van der Waals surface area (Å²) in [5, 5.41) is 10.1. The second-order valence-corrected chi connectivity index (χ2v) is 3.58. The van der Waals surface area contributed by atoms with Gasteiger partial charge in [-0.2, -0.15) is 5.10 Å². The molecule has 84 valence electrons. The van der Waals surface area contributed by atoms with E-state index in [9.17, 15) is 0 Å².